The molecular formula is C24H30N2O5. The van der Waals surface area contributed by atoms with Crippen molar-refractivity contribution in [3.8, 4) is 28.7 Å². The molecule has 166 valence electrons. The number of hydrogen-bond acceptors (Lipinski definition) is 6. The van der Waals surface area contributed by atoms with E-state index in [1.807, 2.05) is 29.2 Å². The molecule has 2 atom stereocenters. The monoisotopic (exact) mass is 426 g/mol. The van der Waals surface area contributed by atoms with Crippen LogP contribution in [-0.4, -0.2) is 51.8 Å². The second kappa shape index (κ2) is 8.30. The number of fused-ring (bicyclic) bond motifs is 1. The summed E-state index contributed by atoms with van der Waals surface area (Å²) in [5.41, 5.74) is 7.41. The molecule has 2 fully saturated rings. The number of methoxy groups -OCH3 is 3. The van der Waals surface area contributed by atoms with Crippen LogP contribution in [0.4, 0.5) is 0 Å². The smallest absolute Gasteiger partial charge is 0.257 e. The van der Waals surface area contributed by atoms with Crippen LogP contribution in [0, 0.1) is 11.3 Å². The molecule has 4 rings (SSSR count). The molecule has 0 unspecified atom stereocenters. The van der Waals surface area contributed by atoms with Gasteiger partial charge in [-0.15, -0.1) is 0 Å². The van der Waals surface area contributed by atoms with E-state index in [0.717, 1.165) is 25.1 Å². The molecule has 7 nitrogen and oxygen atoms in total. The molecule has 1 saturated carbocycles. The van der Waals surface area contributed by atoms with Gasteiger partial charge in [0, 0.05) is 19.2 Å². The topological polar surface area (TPSA) is 83.3 Å². The highest BCUT2D eigenvalue weighted by Gasteiger charge is 2.57. The van der Waals surface area contributed by atoms with Crippen LogP contribution in [0.15, 0.2) is 30.3 Å². The lowest BCUT2D eigenvalue weighted by Crippen LogP contribution is -2.31. The SMILES string of the molecule is COc1c(Oc2ccc(CCN)cc2)cc(C(=O)N2C[C@@H]3C[C@]3(C)C2)c(OC)c1OC. The molecule has 1 amide bonds. The number of likely N-dealkylation sites (tertiary alicyclic amines) is 1. The summed E-state index contributed by atoms with van der Waals surface area (Å²) in [5, 5.41) is 0. The fourth-order valence-electron chi connectivity index (χ4n) is 4.51. The third-order valence-corrected chi connectivity index (χ3v) is 6.40. The summed E-state index contributed by atoms with van der Waals surface area (Å²) in [7, 11) is 4.57. The van der Waals surface area contributed by atoms with E-state index in [9.17, 15) is 4.79 Å². The third-order valence-electron chi connectivity index (χ3n) is 6.40. The zero-order valence-corrected chi connectivity index (χ0v) is 18.6. The molecule has 1 saturated heterocycles. The number of piperidine rings is 1. The van der Waals surface area contributed by atoms with Crippen molar-refractivity contribution in [3.63, 3.8) is 0 Å². The summed E-state index contributed by atoms with van der Waals surface area (Å²) in [6.07, 6.45) is 1.99. The Morgan fingerprint density at radius 2 is 1.77 bits per heavy atom. The van der Waals surface area contributed by atoms with E-state index < -0.39 is 0 Å². The fraction of sp³-hybridized carbons (Fsp3) is 0.458. The van der Waals surface area contributed by atoms with E-state index in [-0.39, 0.29) is 11.3 Å². The molecule has 0 aromatic heterocycles. The Morgan fingerprint density at radius 1 is 1.10 bits per heavy atom. The Hall–Kier alpha value is -2.93. The zero-order valence-electron chi connectivity index (χ0n) is 18.6. The van der Waals surface area contributed by atoms with Gasteiger partial charge in [0.15, 0.2) is 11.5 Å². The van der Waals surface area contributed by atoms with Gasteiger partial charge in [0.05, 0.1) is 26.9 Å². The normalized spacial score (nSPS) is 21.5. The van der Waals surface area contributed by atoms with Crippen molar-refractivity contribution in [2.75, 3.05) is 41.0 Å². The van der Waals surface area contributed by atoms with Crippen molar-refractivity contribution < 1.29 is 23.7 Å². The van der Waals surface area contributed by atoms with E-state index in [1.54, 1.807) is 6.07 Å². The summed E-state index contributed by atoms with van der Waals surface area (Å²) in [6, 6.07) is 9.37. The maximum absolute atomic E-state index is 13.4. The molecule has 0 bridgehead atoms. The number of ether oxygens (including phenoxy) is 4. The van der Waals surface area contributed by atoms with E-state index in [1.165, 1.54) is 27.8 Å². The molecule has 1 aliphatic heterocycles. The number of nitrogens with two attached hydrogens (primary N) is 1. The Kier molecular flexibility index (Phi) is 5.71. The van der Waals surface area contributed by atoms with Crippen LogP contribution in [0.25, 0.3) is 0 Å². The molecule has 0 spiro atoms. The summed E-state index contributed by atoms with van der Waals surface area (Å²) in [6.45, 7) is 4.35. The largest absolute Gasteiger partial charge is 0.492 e. The first kappa shape index (κ1) is 21.3. The Morgan fingerprint density at radius 3 is 2.32 bits per heavy atom. The number of rotatable bonds is 8. The number of carbonyl (C=O) groups excluding carboxylic acids is 1. The van der Waals surface area contributed by atoms with Gasteiger partial charge in [-0.05, 0) is 48.4 Å². The molecule has 1 heterocycles. The molecule has 0 radical (unpaired) electrons. The first-order chi connectivity index (χ1) is 14.9. The lowest BCUT2D eigenvalue weighted by atomic mass is 10.1. The minimum Gasteiger partial charge on any atom is -0.492 e. The van der Waals surface area contributed by atoms with Gasteiger partial charge in [0.25, 0.3) is 5.91 Å². The third kappa shape index (κ3) is 3.90. The van der Waals surface area contributed by atoms with Crippen LogP contribution in [-0.2, 0) is 6.42 Å². The first-order valence-corrected chi connectivity index (χ1v) is 10.5. The van der Waals surface area contributed by atoms with E-state index in [4.69, 9.17) is 24.7 Å². The van der Waals surface area contributed by atoms with Crippen LogP contribution in [0.3, 0.4) is 0 Å². The average molecular weight is 427 g/mol. The minimum atomic E-state index is -0.0885. The van der Waals surface area contributed by atoms with Crippen molar-refractivity contribution in [2.45, 2.75) is 19.8 Å². The van der Waals surface area contributed by atoms with Crippen LogP contribution in [0.5, 0.6) is 28.7 Å². The van der Waals surface area contributed by atoms with Crippen LogP contribution in [0.2, 0.25) is 0 Å². The summed E-state index contributed by atoms with van der Waals surface area (Å²) in [4.78, 5) is 15.3. The summed E-state index contributed by atoms with van der Waals surface area (Å²) >= 11 is 0. The number of hydrogen-bond donors (Lipinski definition) is 1. The lowest BCUT2D eigenvalue weighted by Gasteiger charge is -2.23. The predicted molar refractivity (Wildman–Crippen MR) is 117 cm³/mol. The standard InChI is InChI=1S/C24H30N2O5/c1-24-12-16(24)13-26(14-24)23(27)18-11-19(21(29-3)22(30-4)20(18)28-2)31-17-7-5-15(6-8-17)9-10-25/h5-8,11,16H,9-10,12-14,25H2,1-4H3/t16-,24+/m0/s1. The maximum atomic E-state index is 13.4. The molecule has 2 N–H and O–H groups in total. The predicted octanol–water partition coefficient (Wildman–Crippen LogP) is 3.49. The van der Waals surface area contributed by atoms with E-state index in [2.05, 4.69) is 6.92 Å². The van der Waals surface area contributed by atoms with E-state index in [0.29, 0.717) is 46.8 Å². The highest BCUT2D eigenvalue weighted by atomic mass is 16.5. The van der Waals surface area contributed by atoms with Gasteiger partial charge < -0.3 is 29.6 Å². The van der Waals surface area contributed by atoms with Crippen LogP contribution >= 0.6 is 0 Å². The Bertz CT molecular complexity index is 975. The van der Waals surface area contributed by atoms with Crippen molar-refractivity contribution in [2.24, 2.45) is 17.1 Å². The summed E-state index contributed by atoms with van der Waals surface area (Å²) in [5.74, 6) is 2.57. The first-order valence-electron chi connectivity index (χ1n) is 10.5. The minimum absolute atomic E-state index is 0.0885. The highest BCUT2D eigenvalue weighted by Crippen LogP contribution is 2.58. The molecule has 31 heavy (non-hydrogen) atoms. The maximum Gasteiger partial charge on any atom is 0.257 e. The quantitative estimate of drug-likeness (QED) is 0.696. The highest BCUT2D eigenvalue weighted by molar-refractivity contribution is 5.99. The van der Waals surface area contributed by atoms with Gasteiger partial charge >= 0.3 is 0 Å². The van der Waals surface area contributed by atoms with Crippen LogP contribution in [0.1, 0.15) is 29.3 Å². The summed E-state index contributed by atoms with van der Waals surface area (Å²) < 4.78 is 22.8. The molecule has 2 aliphatic rings. The Labute approximate surface area is 183 Å². The van der Waals surface area contributed by atoms with Gasteiger partial charge in [0.2, 0.25) is 11.5 Å². The second-order valence-electron chi connectivity index (χ2n) is 8.55. The zero-order chi connectivity index (χ0) is 22.2. The van der Waals surface area contributed by atoms with Gasteiger partial charge in [0.1, 0.15) is 5.75 Å². The average Bonchev–Trinajstić information content (AvgIpc) is 3.29. The number of carbonyl (C=O) groups is 1. The lowest BCUT2D eigenvalue weighted by molar-refractivity contribution is 0.0762. The number of nitrogens with zero attached hydrogens (tertiary/aromatic N) is 1. The Balaban J connectivity index is 1.70. The fourth-order valence-corrected chi connectivity index (χ4v) is 4.51. The molecule has 2 aromatic carbocycles. The van der Waals surface area contributed by atoms with Gasteiger partial charge in [-0.25, -0.2) is 0 Å². The van der Waals surface area contributed by atoms with Gasteiger partial charge in [-0.1, -0.05) is 19.1 Å². The van der Waals surface area contributed by atoms with Crippen molar-refractivity contribution in [3.05, 3.63) is 41.5 Å². The number of amides is 1. The van der Waals surface area contributed by atoms with Crippen molar-refractivity contribution in [1.82, 2.24) is 4.90 Å². The molecular weight excluding hydrogens is 396 g/mol. The number of benzene rings is 2. The van der Waals surface area contributed by atoms with Crippen molar-refractivity contribution >= 4 is 5.91 Å². The second-order valence-corrected chi connectivity index (χ2v) is 8.55. The van der Waals surface area contributed by atoms with Gasteiger partial charge in [-0.3, -0.25) is 4.79 Å². The molecule has 2 aromatic rings. The van der Waals surface area contributed by atoms with Crippen molar-refractivity contribution in [1.29, 1.82) is 0 Å². The molecule has 7 heteroatoms. The van der Waals surface area contributed by atoms with Gasteiger partial charge in [-0.2, -0.15) is 0 Å². The molecule has 1 aliphatic carbocycles. The van der Waals surface area contributed by atoms with Crippen LogP contribution < -0.4 is 24.7 Å². The van der Waals surface area contributed by atoms with E-state index >= 15 is 0 Å².